The van der Waals surface area contributed by atoms with Gasteiger partial charge < -0.3 is 10.1 Å². The van der Waals surface area contributed by atoms with Crippen molar-refractivity contribution in [2.45, 2.75) is 25.4 Å². The number of hydrogen-bond donors (Lipinski definition) is 1. The maximum atomic E-state index is 13.2. The lowest BCUT2D eigenvalue weighted by Crippen LogP contribution is -2.19. The lowest BCUT2D eigenvalue weighted by Gasteiger charge is -2.11. The number of nitrogens with one attached hydrogen (secondary N) is 1. The Morgan fingerprint density at radius 2 is 2.39 bits per heavy atom. The van der Waals surface area contributed by atoms with E-state index in [0.717, 1.165) is 18.9 Å². The molecule has 1 aliphatic heterocycles. The molecule has 1 saturated heterocycles. The molecule has 1 fully saturated rings. The van der Waals surface area contributed by atoms with E-state index in [2.05, 4.69) is 21.2 Å². The Morgan fingerprint density at radius 3 is 3.06 bits per heavy atom. The Hall–Kier alpha value is -0.650. The van der Waals surface area contributed by atoms with Crippen LogP contribution in [0, 0.1) is 5.82 Å². The molecule has 0 saturated carbocycles. The van der Waals surface area contributed by atoms with Crippen molar-refractivity contribution in [1.29, 1.82) is 0 Å². The highest BCUT2D eigenvalue weighted by Crippen LogP contribution is 2.29. The zero-order valence-electron chi connectivity index (χ0n) is 9.51. The molecule has 3 nitrogen and oxygen atoms in total. The second-order valence-electron chi connectivity index (χ2n) is 4.13. The summed E-state index contributed by atoms with van der Waals surface area (Å²) >= 11 is 8.90. The molecule has 1 aromatic carbocycles. The molecule has 0 spiro atoms. The van der Waals surface area contributed by atoms with Crippen LogP contribution in [0.15, 0.2) is 16.6 Å². The fraction of sp³-hybridized carbons (Fsp3) is 0.417. The lowest BCUT2D eigenvalue weighted by atomic mass is 10.2. The SMILES string of the molecule is O=C(C[C@@H]1CCCO1)Nc1cc(Br)c(F)cc1Cl. The minimum absolute atomic E-state index is 0.0207. The summed E-state index contributed by atoms with van der Waals surface area (Å²) in [5.74, 6) is -0.639. The van der Waals surface area contributed by atoms with E-state index in [1.165, 1.54) is 6.07 Å². The van der Waals surface area contributed by atoms with Crippen LogP contribution in [-0.4, -0.2) is 18.6 Å². The second kappa shape index (κ2) is 5.99. The molecule has 0 radical (unpaired) electrons. The van der Waals surface area contributed by atoms with Gasteiger partial charge in [-0.25, -0.2) is 4.39 Å². The molecule has 1 amide bonds. The van der Waals surface area contributed by atoms with E-state index in [1.807, 2.05) is 0 Å². The van der Waals surface area contributed by atoms with Crippen molar-refractivity contribution in [3.8, 4) is 0 Å². The Morgan fingerprint density at radius 1 is 1.61 bits per heavy atom. The van der Waals surface area contributed by atoms with Gasteiger partial charge in [0.15, 0.2) is 0 Å². The molecule has 1 aliphatic rings. The molecule has 1 heterocycles. The van der Waals surface area contributed by atoms with Crippen molar-refractivity contribution in [1.82, 2.24) is 0 Å². The Bertz CT molecular complexity index is 464. The van der Waals surface area contributed by atoms with Gasteiger partial charge in [-0.2, -0.15) is 0 Å². The largest absolute Gasteiger partial charge is 0.378 e. The smallest absolute Gasteiger partial charge is 0.227 e. The molecule has 0 aromatic heterocycles. The van der Waals surface area contributed by atoms with Crippen LogP contribution in [0.25, 0.3) is 0 Å². The Labute approximate surface area is 118 Å². The standard InChI is InChI=1S/C12H12BrClFNO2/c13-8-5-11(9(14)6-10(8)15)16-12(17)4-7-2-1-3-18-7/h5-7H,1-4H2,(H,16,17)/t7-/m0/s1. The number of amides is 1. The lowest BCUT2D eigenvalue weighted by molar-refractivity contribution is -0.118. The first-order chi connectivity index (χ1) is 8.56. The van der Waals surface area contributed by atoms with Gasteiger partial charge in [0.1, 0.15) is 5.82 Å². The Kier molecular flexibility index (Phi) is 4.59. The van der Waals surface area contributed by atoms with Crippen LogP contribution in [-0.2, 0) is 9.53 Å². The van der Waals surface area contributed by atoms with Gasteiger partial charge in [-0.05, 0) is 40.9 Å². The molecule has 1 atom stereocenters. The van der Waals surface area contributed by atoms with Crippen LogP contribution >= 0.6 is 27.5 Å². The van der Waals surface area contributed by atoms with Crippen LogP contribution in [0.3, 0.4) is 0 Å². The zero-order valence-corrected chi connectivity index (χ0v) is 11.9. The van der Waals surface area contributed by atoms with E-state index in [0.29, 0.717) is 18.7 Å². The minimum atomic E-state index is -0.461. The van der Waals surface area contributed by atoms with Crippen LogP contribution in [0.5, 0.6) is 0 Å². The maximum absolute atomic E-state index is 13.2. The van der Waals surface area contributed by atoms with Crippen LogP contribution in [0.1, 0.15) is 19.3 Å². The maximum Gasteiger partial charge on any atom is 0.227 e. The molecular weight excluding hydrogens is 324 g/mol. The van der Waals surface area contributed by atoms with Gasteiger partial charge in [-0.3, -0.25) is 4.79 Å². The third-order valence-electron chi connectivity index (χ3n) is 2.72. The molecule has 2 rings (SSSR count). The second-order valence-corrected chi connectivity index (χ2v) is 5.40. The summed E-state index contributed by atoms with van der Waals surface area (Å²) in [4.78, 5) is 11.8. The number of benzene rings is 1. The van der Waals surface area contributed by atoms with E-state index in [4.69, 9.17) is 16.3 Å². The quantitative estimate of drug-likeness (QED) is 0.854. The first kappa shape index (κ1) is 13.8. The number of halogens is 3. The molecule has 0 aliphatic carbocycles. The highest BCUT2D eigenvalue weighted by molar-refractivity contribution is 9.10. The predicted molar refractivity (Wildman–Crippen MR) is 71.3 cm³/mol. The fourth-order valence-electron chi connectivity index (χ4n) is 1.83. The van der Waals surface area contributed by atoms with E-state index < -0.39 is 5.82 Å². The van der Waals surface area contributed by atoms with Gasteiger partial charge in [-0.1, -0.05) is 11.6 Å². The molecular formula is C12H12BrClFNO2. The number of rotatable bonds is 3. The van der Waals surface area contributed by atoms with Gasteiger partial charge in [-0.15, -0.1) is 0 Å². The van der Waals surface area contributed by atoms with Crippen LogP contribution in [0.2, 0.25) is 5.02 Å². The van der Waals surface area contributed by atoms with Gasteiger partial charge >= 0.3 is 0 Å². The summed E-state index contributed by atoms with van der Waals surface area (Å²) in [5, 5.41) is 2.83. The van der Waals surface area contributed by atoms with Crippen LogP contribution < -0.4 is 5.32 Å². The molecule has 98 valence electrons. The molecule has 0 unspecified atom stereocenters. The third-order valence-corrected chi connectivity index (χ3v) is 3.64. The summed E-state index contributed by atoms with van der Waals surface area (Å²) in [6.07, 6.45) is 2.16. The average molecular weight is 337 g/mol. The molecule has 1 N–H and O–H groups in total. The number of ether oxygens (including phenoxy) is 1. The van der Waals surface area contributed by atoms with E-state index >= 15 is 0 Å². The first-order valence-electron chi connectivity index (χ1n) is 5.62. The normalized spacial score (nSPS) is 18.9. The van der Waals surface area contributed by atoms with Gasteiger partial charge in [0, 0.05) is 6.61 Å². The van der Waals surface area contributed by atoms with Gasteiger partial charge in [0.05, 0.1) is 27.7 Å². The summed E-state index contributed by atoms with van der Waals surface area (Å²) in [6.45, 7) is 0.709. The van der Waals surface area contributed by atoms with E-state index in [9.17, 15) is 9.18 Å². The van der Waals surface area contributed by atoms with E-state index in [-0.39, 0.29) is 21.5 Å². The van der Waals surface area contributed by atoms with Crippen molar-refractivity contribution < 1.29 is 13.9 Å². The number of carbonyl (C=O) groups is 1. The van der Waals surface area contributed by atoms with Crippen molar-refractivity contribution in [2.24, 2.45) is 0 Å². The summed E-state index contributed by atoms with van der Waals surface area (Å²) in [7, 11) is 0. The number of anilines is 1. The fourth-order valence-corrected chi connectivity index (χ4v) is 2.37. The summed E-state index contributed by atoms with van der Waals surface area (Å²) in [5.41, 5.74) is 0.396. The van der Waals surface area contributed by atoms with Crippen molar-refractivity contribution in [2.75, 3.05) is 11.9 Å². The third kappa shape index (κ3) is 3.43. The highest BCUT2D eigenvalue weighted by atomic mass is 79.9. The minimum Gasteiger partial charge on any atom is -0.378 e. The van der Waals surface area contributed by atoms with Crippen molar-refractivity contribution in [3.05, 3.63) is 27.4 Å². The average Bonchev–Trinajstić information content (AvgIpc) is 2.78. The molecule has 6 heteroatoms. The topological polar surface area (TPSA) is 38.3 Å². The van der Waals surface area contributed by atoms with Gasteiger partial charge in [0.25, 0.3) is 0 Å². The van der Waals surface area contributed by atoms with Crippen molar-refractivity contribution >= 4 is 39.1 Å². The number of carbonyl (C=O) groups excluding carboxylic acids is 1. The zero-order chi connectivity index (χ0) is 13.1. The summed E-state index contributed by atoms with van der Waals surface area (Å²) < 4.78 is 18.8. The summed E-state index contributed by atoms with van der Waals surface area (Å²) in [6, 6.07) is 2.61. The van der Waals surface area contributed by atoms with Gasteiger partial charge in [0.2, 0.25) is 5.91 Å². The van der Waals surface area contributed by atoms with Crippen LogP contribution in [0.4, 0.5) is 10.1 Å². The number of hydrogen-bond acceptors (Lipinski definition) is 2. The highest BCUT2D eigenvalue weighted by Gasteiger charge is 2.19. The van der Waals surface area contributed by atoms with Crippen molar-refractivity contribution in [3.63, 3.8) is 0 Å². The molecule has 0 bridgehead atoms. The van der Waals surface area contributed by atoms with E-state index in [1.54, 1.807) is 0 Å². The monoisotopic (exact) mass is 335 g/mol. The predicted octanol–water partition coefficient (Wildman–Crippen LogP) is 3.75. The molecule has 18 heavy (non-hydrogen) atoms. The Balaban J connectivity index is 2.00. The molecule has 1 aromatic rings. The first-order valence-corrected chi connectivity index (χ1v) is 6.79.